The van der Waals surface area contributed by atoms with Crippen LogP contribution in [0.15, 0.2) is 46.6 Å². The number of nitrogens with zero attached hydrogens (tertiary/aromatic N) is 2. The predicted octanol–water partition coefficient (Wildman–Crippen LogP) is 6.76. The van der Waals surface area contributed by atoms with Crippen molar-refractivity contribution >= 4 is 34.7 Å². The molecule has 1 saturated carbocycles. The molecule has 6 heteroatoms. The first-order valence-electron chi connectivity index (χ1n) is 10.5. The summed E-state index contributed by atoms with van der Waals surface area (Å²) in [5, 5.41) is 10.1. The minimum Gasteiger partial charge on any atom is -0.490 e. The Balaban J connectivity index is 1.39. The van der Waals surface area contributed by atoms with Crippen molar-refractivity contribution in [1.82, 2.24) is 0 Å². The molecule has 1 aliphatic heterocycles. The van der Waals surface area contributed by atoms with Gasteiger partial charge in [0.2, 0.25) is 0 Å². The average Bonchev–Trinajstić information content (AvgIpc) is 2.72. The summed E-state index contributed by atoms with van der Waals surface area (Å²) < 4.78 is 6.05. The van der Waals surface area contributed by atoms with Crippen molar-refractivity contribution in [2.24, 2.45) is 10.9 Å². The molecule has 0 unspecified atom stereocenters. The second-order valence-electron chi connectivity index (χ2n) is 7.86. The van der Waals surface area contributed by atoms with E-state index in [9.17, 15) is 4.79 Å². The van der Waals surface area contributed by atoms with E-state index in [0.29, 0.717) is 33.7 Å². The highest BCUT2D eigenvalue weighted by Gasteiger charge is 2.23. The molecule has 1 aromatic rings. The third-order valence-electron chi connectivity index (χ3n) is 5.63. The summed E-state index contributed by atoms with van der Waals surface area (Å²) >= 11 is 12.1. The van der Waals surface area contributed by atoms with Crippen LogP contribution in [0.5, 0.6) is 5.75 Å². The SMILES string of the molecule is N#Cc1ccc(OC2CCC(CCCC(=O)C3=N/C=C(/Cl)CCC=C3)CC2)cc1Cl. The molecule has 0 amide bonds. The van der Waals surface area contributed by atoms with Crippen LogP contribution in [0.25, 0.3) is 0 Å². The van der Waals surface area contributed by atoms with E-state index in [-0.39, 0.29) is 11.9 Å². The van der Waals surface area contributed by atoms with Crippen LogP contribution < -0.4 is 4.74 Å². The number of hydrogen-bond acceptors (Lipinski definition) is 4. The number of carbonyl (C=O) groups is 1. The summed E-state index contributed by atoms with van der Waals surface area (Å²) in [6, 6.07) is 7.27. The number of Topliss-reactive ketones (excluding diaryl/α,β-unsaturated/α-hetero) is 1. The number of rotatable bonds is 7. The van der Waals surface area contributed by atoms with Gasteiger partial charge in [-0.2, -0.15) is 5.26 Å². The minimum atomic E-state index is 0.0866. The Bertz CT molecular complexity index is 891. The molecule has 0 bridgehead atoms. The number of ketones is 1. The number of benzene rings is 1. The van der Waals surface area contributed by atoms with Gasteiger partial charge in [0.15, 0.2) is 5.78 Å². The largest absolute Gasteiger partial charge is 0.490 e. The fourth-order valence-corrected chi connectivity index (χ4v) is 4.27. The van der Waals surface area contributed by atoms with E-state index in [1.165, 1.54) is 0 Å². The highest BCUT2D eigenvalue weighted by molar-refractivity contribution is 6.44. The maximum absolute atomic E-state index is 12.4. The lowest BCUT2D eigenvalue weighted by atomic mass is 9.84. The number of nitriles is 1. The third-order valence-corrected chi connectivity index (χ3v) is 6.23. The standard InChI is InChI=1S/C24H26Cl2N2O2/c25-19-5-1-2-6-23(28-16-19)24(29)7-3-4-17-8-11-20(12-9-17)30-21-13-10-18(15-27)22(26)14-21/h2,6,10,13-14,16-17,20H,1,3-5,7-9,11-12H2/b6-2?,19-16+,28-23?. The monoisotopic (exact) mass is 444 g/mol. The van der Waals surface area contributed by atoms with Crippen LogP contribution in [-0.4, -0.2) is 17.6 Å². The number of carbonyl (C=O) groups excluding carboxylic acids is 1. The topological polar surface area (TPSA) is 62.4 Å². The molecule has 1 fully saturated rings. The van der Waals surface area contributed by atoms with Gasteiger partial charge < -0.3 is 4.74 Å². The highest BCUT2D eigenvalue weighted by atomic mass is 35.5. The van der Waals surface area contributed by atoms with Crippen LogP contribution in [0.1, 0.15) is 63.4 Å². The van der Waals surface area contributed by atoms with Crippen molar-refractivity contribution in [2.45, 2.75) is 63.9 Å². The second-order valence-corrected chi connectivity index (χ2v) is 8.75. The molecular formula is C24H26Cl2N2O2. The van der Waals surface area contributed by atoms with Crippen LogP contribution in [0.3, 0.4) is 0 Å². The van der Waals surface area contributed by atoms with Crippen molar-refractivity contribution in [1.29, 1.82) is 5.26 Å². The predicted molar refractivity (Wildman–Crippen MR) is 121 cm³/mol. The van der Waals surface area contributed by atoms with Gasteiger partial charge in [-0.1, -0.05) is 35.7 Å². The summed E-state index contributed by atoms with van der Waals surface area (Å²) in [5.41, 5.74) is 0.966. The molecule has 3 rings (SSSR count). The van der Waals surface area contributed by atoms with Crippen LogP contribution >= 0.6 is 23.2 Å². The molecule has 0 aromatic heterocycles. The Labute approximate surface area is 188 Å². The lowest BCUT2D eigenvalue weighted by molar-refractivity contribution is -0.113. The van der Waals surface area contributed by atoms with Crippen LogP contribution in [0.4, 0.5) is 0 Å². The van der Waals surface area contributed by atoms with Crippen molar-refractivity contribution in [3.63, 3.8) is 0 Å². The lowest BCUT2D eigenvalue weighted by Gasteiger charge is -2.29. The zero-order valence-corrected chi connectivity index (χ0v) is 18.5. The van der Waals surface area contributed by atoms with Gasteiger partial charge in [-0.05, 0) is 69.1 Å². The fourth-order valence-electron chi connectivity index (χ4n) is 3.90. The quantitative estimate of drug-likeness (QED) is 0.466. The highest BCUT2D eigenvalue weighted by Crippen LogP contribution is 2.32. The van der Waals surface area contributed by atoms with Gasteiger partial charge in [0.25, 0.3) is 0 Å². The molecule has 1 heterocycles. The van der Waals surface area contributed by atoms with E-state index >= 15 is 0 Å². The van der Waals surface area contributed by atoms with Crippen molar-refractivity contribution in [2.75, 3.05) is 0 Å². The second kappa shape index (κ2) is 11.3. The van der Waals surface area contributed by atoms with E-state index in [2.05, 4.69) is 11.1 Å². The molecule has 158 valence electrons. The van der Waals surface area contributed by atoms with Gasteiger partial charge >= 0.3 is 0 Å². The average molecular weight is 445 g/mol. The first-order chi connectivity index (χ1) is 14.5. The normalized spacial score (nSPS) is 23.4. The summed E-state index contributed by atoms with van der Waals surface area (Å²) in [7, 11) is 0. The third kappa shape index (κ3) is 6.72. The molecule has 0 radical (unpaired) electrons. The molecule has 0 N–H and O–H groups in total. The van der Waals surface area contributed by atoms with Gasteiger partial charge in [-0.25, -0.2) is 0 Å². The fraction of sp³-hybridized carbons (Fsp3) is 0.458. The Morgan fingerprint density at radius 1 is 1.23 bits per heavy atom. The lowest BCUT2D eigenvalue weighted by Crippen LogP contribution is -2.24. The van der Waals surface area contributed by atoms with E-state index in [0.717, 1.165) is 57.1 Å². The molecular weight excluding hydrogens is 419 g/mol. The van der Waals surface area contributed by atoms with E-state index in [4.69, 9.17) is 33.2 Å². The van der Waals surface area contributed by atoms with E-state index in [1.807, 2.05) is 12.2 Å². The van der Waals surface area contributed by atoms with Gasteiger partial charge in [-0.15, -0.1) is 0 Å². The molecule has 1 aliphatic carbocycles. The van der Waals surface area contributed by atoms with Crippen molar-refractivity contribution in [3.05, 3.63) is 52.2 Å². The summed E-state index contributed by atoms with van der Waals surface area (Å²) in [4.78, 5) is 16.7. The Morgan fingerprint density at radius 3 is 2.77 bits per heavy atom. The van der Waals surface area contributed by atoms with Gasteiger partial charge in [0, 0.05) is 23.7 Å². The van der Waals surface area contributed by atoms with E-state index in [1.54, 1.807) is 24.4 Å². The van der Waals surface area contributed by atoms with Crippen molar-refractivity contribution < 1.29 is 9.53 Å². The number of halogens is 2. The van der Waals surface area contributed by atoms with Gasteiger partial charge in [0.1, 0.15) is 17.5 Å². The molecule has 30 heavy (non-hydrogen) atoms. The summed E-state index contributed by atoms with van der Waals surface area (Å²) in [6.45, 7) is 0. The smallest absolute Gasteiger partial charge is 0.181 e. The number of allylic oxidation sites excluding steroid dienone is 3. The van der Waals surface area contributed by atoms with Gasteiger partial charge in [-0.3, -0.25) is 9.79 Å². The first kappa shape index (κ1) is 22.6. The van der Waals surface area contributed by atoms with Crippen molar-refractivity contribution in [3.8, 4) is 11.8 Å². The Morgan fingerprint density at radius 2 is 2.03 bits per heavy atom. The first-order valence-corrected chi connectivity index (χ1v) is 11.3. The molecule has 0 saturated heterocycles. The van der Waals surface area contributed by atoms with Gasteiger partial charge in [0.05, 0.1) is 16.7 Å². The molecule has 4 nitrogen and oxygen atoms in total. The Kier molecular flexibility index (Phi) is 8.54. The zero-order chi connectivity index (χ0) is 21.3. The molecule has 1 aromatic carbocycles. The van der Waals surface area contributed by atoms with Crippen LogP contribution in [-0.2, 0) is 4.79 Å². The maximum Gasteiger partial charge on any atom is 0.181 e. The zero-order valence-electron chi connectivity index (χ0n) is 16.9. The molecule has 0 atom stereocenters. The molecule has 0 spiro atoms. The number of aliphatic imine (C=N–C) groups is 1. The number of ether oxygens (including phenoxy) is 1. The summed E-state index contributed by atoms with van der Waals surface area (Å²) in [6.07, 6.45) is 13.8. The summed E-state index contributed by atoms with van der Waals surface area (Å²) in [5.74, 6) is 1.44. The minimum absolute atomic E-state index is 0.0866. The van der Waals surface area contributed by atoms with E-state index < -0.39 is 0 Å². The van der Waals surface area contributed by atoms with Crippen LogP contribution in [0.2, 0.25) is 5.02 Å². The molecule has 2 aliphatic rings. The van der Waals surface area contributed by atoms with Crippen LogP contribution in [0, 0.1) is 17.2 Å². The number of hydrogen-bond donors (Lipinski definition) is 0. The Hall–Kier alpha value is -2.09. The maximum atomic E-state index is 12.4.